The van der Waals surface area contributed by atoms with Crippen LogP contribution in [0.1, 0.15) is 32.6 Å². The molecule has 4 nitrogen and oxygen atoms in total. The lowest BCUT2D eigenvalue weighted by Gasteiger charge is -2.35. The van der Waals surface area contributed by atoms with Gasteiger partial charge >= 0.3 is 5.97 Å². The van der Waals surface area contributed by atoms with Crippen molar-refractivity contribution in [3.05, 3.63) is 24.3 Å². The van der Waals surface area contributed by atoms with E-state index in [4.69, 9.17) is 4.74 Å². The van der Waals surface area contributed by atoms with Crippen molar-refractivity contribution in [1.82, 2.24) is 0 Å². The Balaban J connectivity index is 2.12. The fourth-order valence-corrected chi connectivity index (χ4v) is 2.49. The molecule has 1 fully saturated rings. The van der Waals surface area contributed by atoms with Gasteiger partial charge in [0.15, 0.2) is 0 Å². The van der Waals surface area contributed by atoms with Crippen LogP contribution in [0.4, 0.5) is 5.69 Å². The molecular weight excluding hydrogens is 242 g/mol. The monoisotopic (exact) mass is 263 g/mol. The van der Waals surface area contributed by atoms with E-state index in [0.717, 1.165) is 24.3 Å². The van der Waals surface area contributed by atoms with Gasteiger partial charge in [0, 0.05) is 11.8 Å². The van der Waals surface area contributed by atoms with Crippen molar-refractivity contribution in [3.8, 4) is 5.75 Å². The fraction of sp³-hybridized carbons (Fsp3) is 0.533. The Morgan fingerprint density at radius 1 is 1.53 bits per heavy atom. The number of hydrogen-bond donors (Lipinski definition) is 2. The number of ether oxygens (including phenoxy) is 1. The van der Waals surface area contributed by atoms with Crippen LogP contribution in [0.25, 0.3) is 0 Å². The lowest BCUT2D eigenvalue weighted by atomic mass is 9.76. The highest BCUT2D eigenvalue weighted by Crippen LogP contribution is 2.35. The van der Waals surface area contributed by atoms with Crippen LogP contribution in [0.2, 0.25) is 0 Å². The van der Waals surface area contributed by atoms with E-state index >= 15 is 0 Å². The van der Waals surface area contributed by atoms with E-state index in [1.807, 2.05) is 24.3 Å². The van der Waals surface area contributed by atoms with E-state index in [1.165, 1.54) is 6.42 Å². The van der Waals surface area contributed by atoms with Gasteiger partial charge in [-0.2, -0.15) is 0 Å². The van der Waals surface area contributed by atoms with Gasteiger partial charge < -0.3 is 15.2 Å². The lowest BCUT2D eigenvalue weighted by Crippen LogP contribution is -2.45. The van der Waals surface area contributed by atoms with E-state index in [2.05, 4.69) is 5.32 Å². The first kappa shape index (κ1) is 13.7. The number of benzene rings is 1. The second kappa shape index (κ2) is 5.51. The third-order valence-electron chi connectivity index (χ3n) is 3.88. The summed E-state index contributed by atoms with van der Waals surface area (Å²) in [4.78, 5) is 11.6. The maximum absolute atomic E-state index is 11.6. The van der Waals surface area contributed by atoms with Gasteiger partial charge in [-0.25, -0.2) is 4.79 Å². The van der Waals surface area contributed by atoms with Crippen LogP contribution < -0.4 is 10.1 Å². The maximum atomic E-state index is 11.6. The number of methoxy groups -OCH3 is 1. The minimum absolute atomic E-state index is 0.527. The Labute approximate surface area is 113 Å². The Kier molecular flexibility index (Phi) is 3.98. The molecule has 2 N–H and O–H groups in total. The molecule has 1 unspecified atom stereocenters. The number of nitrogens with one attached hydrogen (secondary N) is 1. The summed E-state index contributed by atoms with van der Waals surface area (Å²) in [6.45, 7) is 1.76. The van der Waals surface area contributed by atoms with Crippen molar-refractivity contribution in [2.24, 2.45) is 5.92 Å². The summed E-state index contributed by atoms with van der Waals surface area (Å²) in [5.41, 5.74) is -0.138. The number of anilines is 1. The molecule has 4 heteroatoms. The molecule has 0 aromatic heterocycles. The van der Waals surface area contributed by atoms with Gasteiger partial charge in [0.05, 0.1) is 7.11 Å². The molecule has 1 aliphatic carbocycles. The highest BCUT2D eigenvalue weighted by Gasteiger charge is 2.37. The zero-order valence-corrected chi connectivity index (χ0v) is 11.5. The quantitative estimate of drug-likeness (QED) is 0.827. The first-order chi connectivity index (χ1) is 9.03. The number of aliphatic carboxylic acids is 1. The van der Waals surface area contributed by atoms with E-state index in [0.29, 0.717) is 12.3 Å². The molecule has 0 bridgehead atoms. The number of rotatable bonds is 6. The largest absolute Gasteiger partial charge is 0.497 e. The minimum atomic E-state index is -0.919. The van der Waals surface area contributed by atoms with Crippen molar-refractivity contribution < 1.29 is 14.6 Å². The molecule has 0 saturated heterocycles. The molecule has 104 valence electrons. The molecule has 19 heavy (non-hydrogen) atoms. The van der Waals surface area contributed by atoms with Gasteiger partial charge in [-0.1, -0.05) is 25.3 Å². The average Bonchev–Trinajstić information content (AvgIpc) is 2.34. The first-order valence-electron chi connectivity index (χ1n) is 6.69. The molecule has 1 aliphatic rings. The number of hydrogen-bond acceptors (Lipinski definition) is 3. The molecule has 0 aliphatic heterocycles. The minimum Gasteiger partial charge on any atom is -0.497 e. The van der Waals surface area contributed by atoms with Gasteiger partial charge in [0.2, 0.25) is 0 Å². The highest BCUT2D eigenvalue weighted by atomic mass is 16.5. The highest BCUT2D eigenvalue weighted by molar-refractivity contribution is 5.82. The van der Waals surface area contributed by atoms with Crippen molar-refractivity contribution in [3.63, 3.8) is 0 Å². The van der Waals surface area contributed by atoms with Gasteiger partial charge in [-0.3, -0.25) is 0 Å². The van der Waals surface area contributed by atoms with E-state index in [1.54, 1.807) is 14.0 Å². The summed E-state index contributed by atoms with van der Waals surface area (Å²) in [6, 6.07) is 7.38. The SMILES string of the molecule is COc1cccc(NC(C)(CC2CCC2)C(=O)O)c1. The Morgan fingerprint density at radius 3 is 2.79 bits per heavy atom. The molecule has 1 aromatic rings. The maximum Gasteiger partial charge on any atom is 0.329 e. The third-order valence-corrected chi connectivity index (χ3v) is 3.88. The van der Waals surface area contributed by atoms with E-state index in [-0.39, 0.29) is 0 Å². The van der Waals surface area contributed by atoms with Gasteiger partial charge in [0.25, 0.3) is 0 Å². The van der Waals surface area contributed by atoms with Crippen molar-refractivity contribution >= 4 is 11.7 Å². The van der Waals surface area contributed by atoms with Crippen LogP contribution in [-0.2, 0) is 4.79 Å². The summed E-state index contributed by atoms with van der Waals surface area (Å²) < 4.78 is 5.16. The molecule has 0 radical (unpaired) electrons. The van der Waals surface area contributed by atoms with E-state index in [9.17, 15) is 9.90 Å². The molecular formula is C15H21NO3. The van der Waals surface area contributed by atoms with Crippen LogP contribution >= 0.6 is 0 Å². The second-order valence-electron chi connectivity index (χ2n) is 5.50. The average molecular weight is 263 g/mol. The molecule has 1 saturated carbocycles. The standard InChI is InChI=1S/C15H21NO3/c1-15(14(17)18,10-11-5-3-6-11)16-12-7-4-8-13(9-12)19-2/h4,7-9,11,16H,3,5-6,10H2,1-2H3,(H,17,18). The predicted molar refractivity (Wildman–Crippen MR) is 74.6 cm³/mol. The molecule has 0 heterocycles. The summed E-state index contributed by atoms with van der Waals surface area (Å²) in [5, 5.41) is 12.6. The first-order valence-corrected chi connectivity index (χ1v) is 6.69. The van der Waals surface area contributed by atoms with E-state index < -0.39 is 11.5 Å². The summed E-state index contributed by atoms with van der Waals surface area (Å²) in [5.74, 6) is 0.447. The van der Waals surface area contributed by atoms with Crippen LogP contribution in [-0.4, -0.2) is 23.7 Å². The fourth-order valence-electron chi connectivity index (χ4n) is 2.49. The Bertz CT molecular complexity index is 456. The zero-order chi connectivity index (χ0) is 13.9. The Morgan fingerprint density at radius 2 is 2.26 bits per heavy atom. The van der Waals surface area contributed by atoms with Gasteiger partial charge in [0.1, 0.15) is 11.3 Å². The smallest absolute Gasteiger partial charge is 0.329 e. The van der Waals surface area contributed by atoms with Gasteiger partial charge in [-0.05, 0) is 31.4 Å². The molecule has 1 atom stereocenters. The van der Waals surface area contributed by atoms with Crippen molar-refractivity contribution in [2.45, 2.75) is 38.1 Å². The summed E-state index contributed by atoms with van der Waals surface area (Å²) in [6.07, 6.45) is 4.17. The summed E-state index contributed by atoms with van der Waals surface area (Å²) >= 11 is 0. The lowest BCUT2D eigenvalue weighted by molar-refractivity contribution is -0.142. The van der Waals surface area contributed by atoms with Crippen LogP contribution in [0.3, 0.4) is 0 Å². The van der Waals surface area contributed by atoms with Crippen molar-refractivity contribution in [1.29, 1.82) is 0 Å². The number of carbonyl (C=O) groups is 1. The molecule has 1 aromatic carbocycles. The third kappa shape index (κ3) is 3.19. The van der Waals surface area contributed by atoms with Crippen LogP contribution in [0.5, 0.6) is 5.75 Å². The topological polar surface area (TPSA) is 58.6 Å². The predicted octanol–water partition coefficient (Wildman–Crippen LogP) is 3.14. The Hall–Kier alpha value is -1.71. The van der Waals surface area contributed by atoms with Crippen LogP contribution in [0, 0.1) is 5.92 Å². The second-order valence-corrected chi connectivity index (χ2v) is 5.50. The molecule has 2 rings (SSSR count). The normalized spacial score (nSPS) is 18.2. The zero-order valence-electron chi connectivity index (χ0n) is 11.5. The number of carboxylic acid groups (broad SMARTS) is 1. The van der Waals surface area contributed by atoms with Gasteiger partial charge in [-0.15, -0.1) is 0 Å². The molecule has 0 amide bonds. The summed E-state index contributed by atoms with van der Waals surface area (Å²) in [7, 11) is 1.60. The molecule has 0 spiro atoms. The number of carboxylic acids is 1. The van der Waals surface area contributed by atoms with Crippen LogP contribution in [0.15, 0.2) is 24.3 Å². The van der Waals surface area contributed by atoms with Crippen molar-refractivity contribution in [2.75, 3.05) is 12.4 Å².